The molecule has 204 valence electrons. The van der Waals surface area contributed by atoms with Crippen molar-refractivity contribution in [3.05, 3.63) is 138 Å². The van der Waals surface area contributed by atoms with Gasteiger partial charge in [-0.05, 0) is 91.4 Å². The van der Waals surface area contributed by atoms with Crippen LogP contribution in [-0.4, -0.2) is 27.7 Å². The largest absolute Gasteiger partial charge is 0.465 e. The standard InChI is InChI=1S/C33H28N4O3S/c1-22-10-3-6-15-29(22)40-24-18-16-23(17-19-24)37-31(30(35-33(37)41)26-12-7-8-20-34-26)28-14-9-21-36(28)27-13-5-4-11-25(27)32(38)39-2/h3-21,30-31H,1-2H3,(H,35,41)/t30-,31-/m0/s1. The number of aromatic nitrogens is 2. The van der Waals surface area contributed by atoms with Crippen molar-refractivity contribution < 1.29 is 14.3 Å². The summed E-state index contributed by atoms with van der Waals surface area (Å²) in [5.41, 5.74) is 4.95. The fourth-order valence-electron chi connectivity index (χ4n) is 5.23. The molecule has 5 aromatic rings. The number of rotatable bonds is 7. The molecule has 0 spiro atoms. The Morgan fingerprint density at radius 3 is 2.41 bits per heavy atom. The highest BCUT2D eigenvalue weighted by molar-refractivity contribution is 7.80. The molecule has 0 saturated carbocycles. The topological polar surface area (TPSA) is 68.6 Å². The van der Waals surface area contributed by atoms with Crippen LogP contribution in [0.3, 0.4) is 0 Å². The fourth-order valence-corrected chi connectivity index (χ4v) is 5.57. The van der Waals surface area contributed by atoms with E-state index in [1.807, 2.05) is 115 Å². The number of hydrogen-bond donors (Lipinski definition) is 1. The first-order chi connectivity index (χ1) is 20.0. The summed E-state index contributed by atoms with van der Waals surface area (Å²) in [6.45, 7) is 2.02. The average Bonchev–Trinajstić information content (AvgIpc) is 3.63. The van der Waals surface area contributed by atoms with Gasteiger partial charge in [0, 0.05) is 23.8 Å². The van der Waals surface area contributed by atoms with E-state index in [-0.39, 0.29) is 12.1 Å². The summed E-state index contributed by atoms with van der Waals surface area (Å²) >= 11 is 5.92. The van der Waals surface area contributed by atoms with Crippen molar-refractivity contribution in [1.82, 2.24) is 14.9 Å². The number of ether oxygens (including phenoxy) is 2. The van der Waals surface area contributed by atoms with Crippen LogP contribution in [0.5, 0.6) is 11.5 Å². The number of carbonyl (C=O) groups is 1. The molecular formula is C33H28N4O3S. The molecule has 1 fully saturated rings. The molecule has 41 heavy (non-hydrogen) atoms. The molecule has 7 nitrogen and oxygen atoms in total. The Hall–Kier alpha value is -4.95. The SMILES string of the molecule is COC(=O)c1ccccc1-n1cccc1[C@H]1[C@H](c2ccccn2)NC(=S)N1c1ccc(Oc2ccccc2C)cc1. The normalized spacial score (nSPS) is 16.3. The van der Waals surface area contributed by atoms with E-state index in [4.69, 9.17) is 21.7 Å². The molecule has 1 aliphatic heterocycles. The molecule has 8 heteroatoms. The highest BCUT2D eigenvalue weighted by atomic mass is 32.1. The summed E-state index contributed by atoms with van der Waals surface area (Å²) in [6, 6.07) is 32.6. The molecule has 1 aliphatic rings. The lowest BCUT2D eigenvalue weighted by Gasteiger charge is -2.29. The first kappa shape index (κ1) is 26.3. The summed E-state index contributed by atoms with van der Waals surface area (Å²) < 4.78 is 13.2. The van der Waals surface area contributed by atoms with Crippen molar-refractivity contribution in [3.63, 3.8) is 0 Å². The Kier molecular flexibility index (Phi) is 7.22. The summed E-state index contributed by atoms with van der Waals surface area (Å²) in [7, 11) is 1.39. The zero-order valence-corrected chi connectivity index (χ0v) is 23.4. The number of esters is 1. The first-order valence-corrected chi connectivity index (χ1v) is 13.6. The van der Waals surface area contributed by atoms with Crippen LogP contribution >= 0.6 is 12.2 Å². The van der Waals surface area contributed by atoms with Crippen molar-refractivity contribution in [2.45, 2.75) is 19.0 Å². The van der Waals surface area contributed by atoms with Gasteiger partial charge in [-0.1, -0.05) is 36.4 Å². The van der Waals surface area contributed by atoms with Crippen LogP contribution in [-0.2, 0) is 4.74 Å². The number of hydrogen-bond acceptors (Lipinski definition) is 5. The molecule has 6 rings (SSSR count). The third kappa shape index (κ3) is 5.05. The zero-order valence-electron chi connectivity index (χ0n) is 22.6. The predicted molar refractivity (Wildman–Crippen MR) is 163 cm³/mol. The van der Waals surface area contributed by atoms with E-state index < -0.39 is 5.97 Å². The van der Waals surface area contributed by atoms with E-state index in [1.54, 1.807) is 12.3 Å². The van der Waals surface area contributed by atoms with Crippen LogP contribution in [0.15, 0.2) is 116 Å². The maximum atomic E-state index is 12.7. The molecule has 1 N–H and O–H groups in total. The van der Waals surface area contributed by atoms with Crippen LogP contribution in [0.25, 0.3) is 5.69 Å². The number of benzene rings is 3. The van der Waals surface area contributed by atoms with Gasteiger partial charge in [0.15, 0.2) is 5.11 Å². The van der Waals surface area contributed by atoms with Gasteiger partial charge in [-0.15, -0.1) is 0 Å². The number of nitrogens with zero attached hydrogens (tertiary/aromatic N) is 3. The zero-order chi connectivity index (χ0) is 28.3. The number of aryl methyl sites for hydroxylation is 1. The quantitative estimate of drug-likeness (QED) is 0.171. The second-order valence-corrected chi connectivity index (χ2v) is 10.1. The van der Waals surface area contributed by atoms with Crippen molar-refractivity contribution >= 4 is 29.0 Å². The second kappa shape index (κ2) is 11.3. The Morgan fingerprint density at radius 2 is 1.66 bits per heavy atom. The van der Waals surface area contributed by atoms with Crippen molar-refractivity contribution in [1.29, 1.82) is 0 Å². The molecule has 0 radical (unpaired) electrons. The van der Waals surface area contributed by atoms with Crippen LogP contribution < -0.4 is 15.0 Å². The Morgan fingerprint density at radius 1 is 0.902 bits per heavy atom. The van der Waals surface area contributed by atoms with Crippen LogP contribution in [0.4, 0.5) is 5.69 Å². The molecule has 2 atom stereocenters. The Labute approximate surface area is 244 Å². The summed E-state index contributed by atoms with van der Waals surface area (Å²) in [4.78, 5) is 19.4. The molecular weight excluding hydrogens is 532 g/mol. The van der Waals surface area contributed by atoms with Gasteiger partial charge >= 0.3 is 5.97 Å². The maximum absolute atomic E-state index is 12.7. The van der Waals surface area contributed by atoms with Crippen LogP contribution in [0, 0.1) is 6.92 Å². The predicted octanol–water partition coefficient (Wildman–Crippen LogP) is 6.94. The molecule has 0 aliphatic carbocycles. The molecule has 0 amide bonds. The van der Waals surface area contributed by atoms with E-state index in [0.29, 0.717) is 10.7 Å². The lowest BCUT2D eigenvalue weighted by molar-refractivity contribution is 0.0600. The van der Waals surface area contributed by atoms with Gasteiger partial charge in [0.05, 0.1) is 30.1 Å². The van der Waals surface area contributed by atoms with Gasteiger partial charge in [0.25, 0.3) is 0 Å². The maximum Gasteiger partial charge on any atom is 0.339 e. The number of thiocarbonyl (C=S) groups is 1. The smallest absolute Gasteiger partial charge is 0.339 e. The number of pyridine rings is 1. The van der Waals surface area contributed by atoms with Crippen molar-refractivity contribution in [3.8, 4) is 17.2 Å². The Balaban J connectivity index is 1.43. The van der Waals surface area contributed by atoms with Gasteiger partial charge < -0.3 is 24.3 Å². The molecule has 1 saturated heterocycles. The third-order valence-corrected chi connectivity index (χ3v) is 7.50. The third-order valence-electron chi connectivity index (χ3n) is 7.19. The van der Waals surface area contributed by atoms with Gasteiger partial charge in [0.2, 0.25) is 0 Å². The molecule has 0 bridgehead atoms. The Bertz CT molecular complexity index is 1700. The summed E-state index contributed by atoms with van der Waals surface area (Å²) in [6.07, 6.45) is 3.73. The molecule has 0 unspecified atom stereocenters. The van der Waals surface area contributed by atoms with Crippen LogP contribution in [0.2, 0.25) is 0 Å². The number of para-hydroxylation sites is 2. The fraction of sp³-hybridized carbons (Fsp3) is 0.121. The minimum Gasteiger partial charge on any atom is -0.465 e. The van der Waals surface area contributed by atoms with Crippen LogP contribution in [0.1, 0.15) is 39.4 Å². The van der Waals surface area contributed by atoms with Crippen molar-refractivity contribution in [2.24, 2.45) is 0 Å². The summed E-state index contributed by atoms with van der Waals surface area (Å²) in [5, 5.41) is 4.08. The minimum atomic E-state index is -0.400. The average molecular weight is 561 g/mol. The lowest BCUT2D eigenvalue weighted by Crippen LogP contribution is -2.30. The van der Waals surface area contributed by atoms with Gasteiger partial charge in [-0.25, -0.2) is 4.79 Å². The number of carbonyl (C=O) groups excluding carboxylic acids is 1. The number of nitrogens with one attached hydrogen (secondary N) is 1. The lowest BCUT2D eigenvalue weighted by atomic mass is 10.0. The van der Waals surface area contributed by atoms with Gasteiger partial charge in [0.1, 0.15) is 17.5 Å². The minimum absolute atomic E-state index is 0.245. The molecule has 2 aromatic heterocycles. The van der Waals surface area contributed by atoms with E-state index in [9.17, 15) is 4.79 Å². The second-order valence-electron chi connectivity index (χ2n) is 9.67. The highest BCUT2D eigenvalue weighted by Crippen LogP contribution is 2.43. The molecule has 3 heterocycles. The number of methoxy groups -OCH3 is 1. The van der Waals surface area contributed by atoms with E-state index in [1.165, 1.54) is 7.11 Å². The monoisotopic (exact) mass is 560 g/mol. The van der Waals surface area contributed by atoms with Gasteiger partial charge in [-0.2, -0.15) is 0 Å². The number of anilines is 1. The van der Waals surface area contributed by atoms with E-state index >= 15 is 0 Å². The first-order valence-electron chi connectivity index (χ1n) is 13.2. The van der Waals surface area contributed by atoms with Gasteiger partial charge in [-0.3, -0.25) is 4.98 Å². The van der Waals surface area contributed by atoms with Crippen molar-refractivity contribution in [2.75, 3.05) is 12.0 Å². The molecule has 3 aromatic carbocycles. The summed E-state index contributed by atoms with van der Waals surface area (Å²) in [5.74, 6) is 1.14. The van der Waals surface area contributed by atoms with E-state index in [0.717, 1.165) is 39.8 Å². The highest BCUT2D eigenvalue weighted by Gasteiger charge is 2.42. The van der Waals surface area contributed by atoms with E-state index in [2.05, 4.69) is 15.2 Å².